The molecule has 0 aromatic heterocycles. The summed E-state index contributed by atoms with van der Waals surface area (Å²) in [7, 11) is 0. The Kier molecular flexibility index (Phi) is 2.36. The van der Waals surface area contributed by atoms with E-state index in [9.17, 15) is 0 Å². The van der Waals surface area contributed by atoms with Gasteiger partial charge in [0.05, 0.1) is 0 Å². The molecule has 0 aromatic rings. The Labute approximate surface area is 51.9 Å². The van der Waals surface area contributed by atoms with Crippen molar-refractivity contribution in [3.05, 3.63) is 0 Å². The van der Waals surface area contributed by atoms with Gasteiger partial charge in [-0.25, -0.2) is 0 Å². The van der Waals surface area contributed by atoms with Gasteiger partial charge in [0.2, 0.25) is 0 Å². The fourth-order valence-electron chi connectivity index (χ4n) is 0. The summed E-state index contributed by atoms with van der Waals surface area (Å²) >= 11 is 2.00. The maximum atomic E-state index is 8.81. The Hall–Kier alpha value is 0.690. The van der Waals surface area contributed by atoms with Crippen LogP contribution in [0, 0.1) is 0 Å². The number of halogens is 1. The SMILES string of the molecule is CCC(C)(O)I. The normalized spacial score (nSPS) is 20.0. The summed E-state index contributed by atoms with van der Waals surface area (Å²) < 4.78 is -0.488. The third-order valence-electron chi connectivity index (χ3n) is 0.645. The second-order valence-electron chi connectivity index (χ2n) is 1.50. The summed E-state index contributed by atoms with van der Waals surface area (Å²) in [6, 6.07) is 0. The number of aliphatic hydroxyl groups is 1. The molecular weight excluding hydrogens is 191 g/mol. The fourth-order valence-corrected chi connectivity index (χ4v) is 0. The molecule has 0 amide bonds. The molecule has 0 rings (SSSR count). The molecule has 0 bridgehead atoms. The van der Waals surface area contributed by atoms with E-state index in [2.05, 4.69) is 0 Å². The molecule has 0 radical (unpaired) electrons. The van der Waals surface area contributed by atoms with Crippen LogP contribution in [0.5, 0.6) is 0 Å². The Morgan fingerprint density at radius 2 is 2.00 bits per heavy atom. The molecule has 1 atom stereocenters. The summed E-state index contributed by atoms with van der Waals surface area (Å²) in [4.78, 5) is 0. The summed E-state index contributed by atoms with van der Waals surface area (Å²) in [6.07, 6.45) is 0.813. The first-order valence-electron chi connectivity index (χ1n) is 1.97. The van der Waals surface area contributed by atoms with Crippen molar-refractivity contribution in [2.45, 2.75) is 23.9 Å². The largest absolute Gasteiger partial charge is 0.380 e. The van der Waals surface area contributed by atoms with Gasteiger partial charge in [0, 0.05) is 0 Å². The van der Waals surface area contributed by atoms with Crippen molar-refractivity contribution in [1.82, 2.24) is 0 Å². The molecular formula is C4H9IO. The van der Waals surface area contributed by atoms with Gasteiger partial charge >= 0.3 is 0 Å². The van der Waals surface area contributed by atoms with Crippen molar-refractivity contribution in [2.24, 2.45) is 0 Å². The van der Waals surface area contributed by atoms with Gasteiger partial charge in [0.1, 0.15) is 3.61 Å². The van der Waals surface area contributed by atoms with Crippen LogP contribution in [0.4, 0.5) is 0 Å². The van der Waals surface area contributed by atoms with Crippen LogP contribution in [0.15, 0.2) is 0 Å². The van der Waals surface area contributed by atoms with Crippen LogP contribution in [0.25, 0.3) is 0 Å². The minimum atomic E-state index is -0.488. The van der Waals surface area contributed by atoms with Gasteiger partial charge in [-0.3, -0.25) is 0 Å². The van der Waals surface area contributed by atoms with Gasteiger partial charge in [-0.05, 0) is 35.9 Å². The van der Waals surface area contributed by atoms with Crippen molar-refractivity contribution < 1.29 is 5.11 Å². The fraction of sp³-hybridized carbons (Fsp3) is 1.00. The van der Waals surface area contributed by atoms with Gasteiger partial charge in [-0.15, -0.1) is 0 Å². The molecule has 2 heteroatoms. The van der Waals surface area contributed by atoms with E-state index in [-0.39, 0.29) is 0 Å². The Balaban J connectivity index is 3.17. The van der Waals surface area contributed by atoms with Crippen molar-refractivity contribution in [1.29, 1.82) is 0 Å². The topological polar surface area (TPSA) is 20.2 Å². The van der Waals surface area contributed by atoms with E-state index in [0.29, 0.717) is 0 Å². The van der Waals surface area contributed by atoms with Crippen molar-refractivity contribution in [2.75, 3.05) is 0 Å². The molecule has 6 heavy (non-hydrogen) atoms. The standard InChI is InChI=1S/C4H9IO/c1-3-4(2,5)6/h6H,3H2,1-2H3. The van der Waals surface area contributed by atoms with Gasteiger partial charge in [0.25, 0.3) is 0 Å². The lowest BCUT2D eigenvalue weighted by atomic mass is 10.3. The monoisotopic (exact) mass is 200 g/mol. The molecule has 0 spiro atoms. The van der Waals surface area contributed by atoms with Crippen LogP contribution < -0.4 is 0 Å². The zero-order chi connectivity index (χ0) is 5.21. The minimum absolute atomic E-state index is 0.488. The van der Waals surface area contributed by atoms with E-state index >= 15 is 0 Å². The van der Waals surface area contributed by atoms with Crippen LogP contribution in [-0.4, -0.2) is 8.71 Å². The molecule has 0 aliphatic heterocycles. The zero-order valence-electron chi connectivity index (χ0n) is 4.03. The van der Waals surface area contributed by atoms with E-state index in [0.717, 1.165) is 6.42 Å². The second kappa shape index (κ2) is 2.12. The highest BCUT2D eigenvalue weighted by atomic mass is 127. The smallest absolute Gasteiger partial charge is 0.112 e. The Morgan fingerprint density at radius 3 is 2.00 bits per heavy atom. The summed E-state index contributed by atoms with van der Waals surface area (Å²) in [5, 5.41) is 8.81. The quantitative estimate of drug-likeness (QED) is 0.502. The van der Waals surface area contributed by atoms with Gasteiger partial charge < -0.3 is 5.11 Å². The van der Waals surface area contributed by atoms with E-state index in [1.807, 2.05) is 29.5 Å². The lowest BCUT2D eigenvalue weighted by molar-refractivity contribution is 0.172. The predicted molar refractivity (Wildman–Crippen MR) is 34.9 cm³/mol. The minimum Gasteiger partial charge on any atom is -0.380 e. The van der Waals surface area contributed by atoms with Crippen LogP contribution in [0.3, 0.4) is 0 Å². The molecule has 1 N–H and O–H groups in total. The Bertz CT molecular complexity index is 37.3. The van der Waals surface area contributed by atoms with Gasteiger partial charge in [0.15, 0.2) is 0 Å². The lowest BCUT2D eigenvalue weighted by Gasteiger charge is -2.08. The van der Waals surface area contributed by atoms with Crippen molar-refractivity contribution in [3.8, 4) is 0 Å². The summed E-state index contributed by atoms with van der Waals surface area (Å²) in [6.45, 7) is 3.74. The third-order valence-corrected chi connectivity index (χ3v) is 1.41. The second-order valence-corrected chi connectivity index (χ2v) is 3.82. The van der Waals surface area contributed by atoms with E-state index < -0.39 is 3.61 Å². The molecule has 1 unspecified atom stereocenters. The maximum absolute atomic E-state index is 8.81. The molecule has 38 valence electrons. The first kappa shape index (κ1) is 6.69. The third kappa shape index (κ3) is 4.69. The van der Waals surface area contributed by atoms with Crippen LogP contribution >= 0.6 is 22.6 Å². The van der Waals surface area contributed by atoms with Crippen molar-refractivity contribution in [3.63, 3.8) is 0 Å². The predicted octanol–water partition coefficient (Wildman–Crippen LogP) is 1.54. The van der Waals surface area contributed by atoms with Crippen molar-refractivity contribution >= 4 is 22.6 Å². The Morgan fingerprint density at radius 1 is 1.83 bits per heavy atom. The van der Waals surface area contributed by atoms with E-state index in [1.54, 1.807) is 6.92 Å². The zero-order valence-corrected chi connectivity index (χ0v) is 6.19. The van der Waals surface area contributed by atoms with Crippen LogP contribution in [-0.2, 0) is 0 Å². The maximum Gasteiger partial charge on any atom is 0.112 e. The van der Waals surface area contributed by atoms with Gasteiger partial charge in [-0.1, -0.05) is 6.92 Å². The lowest BCUT2D eigenvalue weighted by Crippen LogP contribution is -2.10. The molecule has 1 nitrogen and oxygen atoms in total. The van der Waals surface area contributed by atoms with E-state index in [4.69, 9.17) is 5.11 Å². The highest BCUT2D eigenvalue weighted by molar-refractivity contribution is 14.1. The molecule has 0 saturated heterocycles. The average Bonchev–Trinajstić information content (AvgIpc) is 1.35. The molecule has 0 aromatic carbocycles. The first-order chi connectivity index (χ1) is 2.56. The number of rotatable bonds is 1. The van der Waals surface area contributed by atoms with Gasteiger partial charge in [-0.2, -0.15) is 0 Å². The molecule has 0 aliphatic carbocycles. The molecule has 0 aliphatic rings. The van der Waals surface area contributed by atoms with Crippen LogP contribution in [0.2, 0.25) is 0 Å². The summed E-state index contributed by atoms with van der Waals surface area (Å²) in [5.41, 5.74) is 0. The first-order valence-corrected chi connectivity index (χ1v) is 3.05. The summed E-state index contributed by atoms with van der Waals surface area (Å²) in [5.74, 6) is 0. The molecule has 0 fully saturated rings. The highest BCUT2D eigenvalue weighted by Gasteiger charge is 2.08. The molecule has 0 saturated carbocycles. The highest BCUT2D eigenvalue weighted by Crippen LogP contribution is 2.16. The van der Waals surface area contributed by atoms with E-state index in [1.165, 1.54) is 0 Å². The molecule has 0 heterocycles. The van der Waals surface area contributed by atoms with Crippen LogP contribution in [0.1, 0.15) is 20.3 Å². The number of alkyl halides is 1. The number of hydrogen-bond donors (Lipinski definition) is 1. The number of hydrogen-bond acceptors (Lipinski definition) is 1. The average molecular weight is 200 g/mol.